The van der Waals surface area contributed by atoms with Crippen molar-refractivity contribution in [3.8, 4) is 0 Å². The molecule has 2 rings (SSSR count). The van der Waals surface area contributed by atoms with Crippen molar-refractivity contribution in [1.29, 1.82) is 0 Å². The quantitative estimate of drug-likeness (QED) is 0.915. The maximum absolute atomic E-state index is 13.8. The summed E-state index contributed by atoms with van der Waals surface area (Å²) in [6, 6.07) is 10.2. The Labute approximate surface area is 138 Å². The topological polar surface area (TPSA) is 66.5 Å². The standard InChI is InChI=1S/C15H14ClFN2O3S/c1-19(23(2,21)22)13-9-4-3-8-12(13)18-15(20)14-10(16)6-5-7-11(14)17/h3-9H,1-2H3,(H,18,20). The minimum Gasteiger partial charge on any atom is -0.320 e. The molecule has 0 aliphatic rings. The minimum absolute atomic E-state index is 0.0311. The van der Waals surface area contributed by atoms with E-state index in [0.717, 1.165) is 16.6 Å². The third kappa shape index (κ3) is 3.80. The first kappa shape index (κ1) is 17.2. The maximum Gasteiger partial charge on any atom is 0.260 e. The average Bonchev–Trinajstić information content (AvgIpc) is 2.46. The van der Waals surface area contributed by atoms with Gasteiger partial charge < -0.3 is 5.32 Å². The number of amides is 1. The van der Waals surface area contributed by atoms with Gasteiger partial charge in [0.1, 0.15) is 5.82 Å². The molecule has 0 unspecified atom stereocenters. The van der Waals surface area contributed by atoms with Crippen LogP contribution in [0.3, 0.4) is 0 Å². The van der Waals surface area contributed by atoms with Crippen LogP contribution in [0.25, 0.3) is 0 Å². The van der Waals surface area contributed by atoms with Gasteiger partial charge in [0.25, 0.3) is 5.91 Å². The first-order valence-corrected chi connectivity index (χ1v) is 8.72. The SMILES string of the molecule is CN(c1ccccc1NC(=O)c1c(F)cccc1Cl)S(C)(=O)=O. The molecule has 0 bridgehead atoms. The largest absolute Gasteiger partial charge is 0.320 e. The molecule has 0 aliphatic carbocycles. The molecule has 0 spiro atoms. The van der Waals surface area contributed by atoms with Crippen molar-refractivity contribution in [2.24, 2.45) is 0 Å². The number of anilines is 2. The fourth-order valence-electron chi connectivity index (χ4n) is 1.93. The van der Waals surface area contributed by atoms with E-state index < -0.39 is 21.7 Å². The number of para-hydroxylation sites is 2. The van der Waals surface area contributed by atoms with E-state index in [-0.39, 0.29) is 22.0 Å². The molecule has 0 aliphatic heterocycles. The van der Waals surface area contributed by atoms with Gasteiger partial charge >= 0.3 is 0 Å². The molecule has 0 heterocycles. The molecule has 0 aromatic heterocycles. The Kier molecular flexibility index (Phi) is 4.91. The van der Waals surface area contributed by atoms with E-state index in [2.05, 4.69) is 5.32 Å². The summed E-state index contributed by atoms with van der Waals surface area (Å²) in [6.07, 6.45) is 1.04. The first-order valence-electron chi connectivity index (χ1n) is 6.50. The molecule has 0 saturated carbocycles. The summed E-state index contributed by atoms with van der Waals surface area (Å²) in [4.78, 5) is 12.3. The first-order chi connectivity index (χ1) is 10.7. The minimum atomic E-state index is -3.51. The zero-order valence-corrected chi connectivity index (χ0v) is 14.0. The summed E-state index contributed by atoms with van der Waals surface area (Å²) in [5, 5.41) is 2.46. The highest BCUT2D eigenvalue weighted by Gasteiger charge is 2.20. The third-order valence-corrected chi connectivity index (χ3v) is 4.69. The van der Waals surface area contributed by atoms with Crippen LogP contribution in [-0.4, -0.2) is 27.6 Å². The van der Waals surface area contributed by atoms with Crippen LogP contribution in [-0.2, 0) is 10.0 Å². The van der Waals surface area contributed by atoms with Crippen molar-refractivity contribution < 1.29 is 17.6 Å². The summed E-state index contributed by atoms with van der Waals surface area (Å²) in [5.74, 6) is -1.52. The molecular weight excluding hydrogens is 343 g/mol. The number of carbonyl (C=O) groups is 1. The number of halogens is 2. The van der Waals surface area contributed by atoms with E-state index in [1.54, 1.807) is 12.1 Å². The van der Waals surface area contributed by atoms with Crippen LogP contribution in [0.1, 0.15) is 10.4 Å². The Bertz CT molecular complexity index is 835. The van der Waals surface area contributed by atoms with Crippen LogP contribution >= 0.6 is 11.6 Å². The van der Waals surface area contributed by atoms with E-state index in [0.29, 0.717) is 0 Å². The summed E-state index contributed by atoms with van der Waals surface area (Å²) >= 11 is 5.86. The number of carbonyl (C=O) groups excluding carboxylic acids is 1. The predicted molar refractivity (Wildman–Crippen MR) is 89.1 cm³/mol. The molecule has 122 valence electrons. The maximum atomic E-state index is 13.8. The Hall–Kier alpha value is -2.12. The number of sulfonamides is 1. The van der Waals surface area contributed by atoms with E-state index >= 15 is 0 Å². The van der Waals surface area contributed by atoms with Gasteiger partial charge in [0.05, 0.1) is 28.2 Å². The van der Waals surface area contributed by atoms with Crippen LogP contribution in [0.4, 0.5) is 15.8 Å². The molecule has 5 nitrogen and oxygen atoms in total. The second-order valence-corrected chi connectivity index (χ2v) is 7.22. The predicted octanol–water partition coefficient (Wildman–Crippen LogP) is 3.13. The van der Waals surface area contributed by atoms with E-state index in [9.17, 15) is 17.6 Å². The lowest BCUT2D eigenvalue weighted by molar-refractivity contribution is 0.102. The van der Waals surface area contributed by atoms with Crippen molar-refractivity contribution in [3.05, 3.63) is 58.9 Å². The van der Waals surface area contributed by atoms with Gasteiger partial charge in [-0.15, -0.1) is 0 Å². The second kappa shape index (κ2) is 6.55. The highest BCUT2D eigenvalue weighted by molar-refractivity contribution is 7.92. The molecular formula is C15H14ClFN2O3S. The summed E-state index contributed by atoms with van der Waals surface area (Å²) in [6.45, 7) is 0. The van der Waals surface area contributed by atoms with E-state index in [4.69, 9.17) is 11.6 Å². The number of hydrogen-bond donors (Lipinski definition) is 1. The van der Waals surface area contributed by atoms with Crippen LogP contribution in [0.15, 0.2) is 42.5 Å². The number of rotatable bonds is 4. The van der Waals surface area contributed by atoms with Gasteiger partial charge in [0.15, 0.2) is 0 Å². The molecule has 2 aromatic rings. The normalized spacial score (nSPS) is 11.1. The second-order valence-electron chi connectivity index (χ2n) is 4.80. The van der Waals surface area contributed by atoms with Crippen molar-refractivity contribution in [3.63, 3.8) is 0 Å². The Morgan fingerprint density at radius 1 is 1.17 bits per heavy atom. The van der Waals surface area contributed by atoms with Crippen LogP contribution in [0, 0.1) is 5.82 Å². The Morgan fingerprint density at radius 2 is 1.83 bits per heavy atom. The monoisotopic (exact) mass is 356 g/mol. The molecule has 2 aromatic carbocycles. The van der Waals surface area contributed by atoms with Crippen LogP contribution in [0.2, 0.25) is 5.02 Å². The van der Waals surface area contributed by atoms with E-state index in [1.165, 1.54) is 31.3 Å². The summed E-state index contributed by atoms with van der Waals surface area (Å²) in [5.41, 5.74) is 0.187. The number of hydrogen-bond acceptors (Lipinski definition) is 3. The number of nitrogens with one attached hydrogen (secondary N) is 1. The van der Waals surface area contributed by atoms with Crippen molar-refractivity contribution in [2.75, 3.05) is 22.9 Å². The highest BCUT2D eigenvalue weighted by atomic mass is 35.5. The fourth-order valence-corrected chi connectivity index (χ4v) is 2.70. The molecule has 8 heteroatoms. The zero-order chi connectivity index (χ0) is 17.2. The number of nitrogens with zero attached hydrogens (tertiary/aromatic N) is 1. The molecule has 0 saturated heterocycles. The highest BCUT2D eigenvalue weighted by Crippen LogP contribution is 2.28. The van der Waals surface area contributed by atoms with Gasteiger partial charge in [-0.2, -0.15) is 0 Å². The molecule has 1 amide bonds. The Balaban J connectivity index is 2.40. The molecule has 1 N–H and O–H groups in total. The van der Waals surface area contributed by atoms with Gasteiger partial charge in [-0.25, -0.2) is 12.8 Å². The van der Waals surface area contributed by atoms with Gasteiger partial charge in [-0.1, -0.05) is 29.8 Å². The fraction of sp³-hybridized carbons (Fsp3) is 0.133. The summed E-state index contributed by atoms with van der Waals surface area (Å²) < 4.78 is 38.2. The van der Waals surface area contributed by atoms with Gasteiger partial charge in [-0.3, -0.25) is 9.10 Å². The zero-order valence-electron chi connectivity index (χ0n) is 12.4. The Morgan fingerprint density at radius 3 is 2.43 bits per heavy atom. The summed E-state index contributed by atoms with van der Waals surface area (Å²) in [7, 11) is -2.16. The lowest BCUT2D eigenvalue weighted by Gasteiger charge is -2.20. The van der Waals surface area contributed by atoms with Crippen molar-refractivity contribution >= 4 is 38.9 Å². The van der Waals surface area contributed by atoms with Gasteiger partial charge in [0, 0.05) is 7.05 Å². The molecule has 23 heavy (non-hydrogen) atoms. The molecule has 0 fully saturated rings. The smallest absolute Gasteiger partial charge is 0.260 e. The lowest BCUT2D eigenvalue weighted by atomic mass is 10.2. The van der Waals surface area contributed by atoms with E-state index in [1.807, 2.05) is 0 Å². The lowest BCUT2D eigenvalue weighted by Crippen LogP contribution is -2.26. The van der Waals surface area contributed by atoms with Gasteiger partial charge in [0.2, 0.25) is 10.0 Å². The molecule has 0 radical (unpaired) electrons. The average molecular weight is 357 g/mol. The number of benzene rings is 2. The van der Waals surface area contributed by atoms with Crippen molar-refractivity contribution in [2.45, 2.75) is 0 Å². The van der Waals surface area contributed by atoms with Crippen LogP contribution < -0.4 is 9.62 Å². The third-order valence-electron chi connectivity index (χ3n) is 3.18. The molecule has 0 atom stereocenters. The van der Waals surface area contributed by atoms with Crippen molar-refractivity contribution in [1.82, 2.24) is 0 Å². The van der Waals surface area contributed by atoms with Crippen LogP contribution in [0.5, 0.6) is 0 Å². The van der Waals surface area contributed by atoms with Gasteiger partial charge in [-0.05, 0) is 24.3 Å².